The molecule has 0 aliphatic carbocycles. The van der Waals surface area contributed by atoms with Crippen LogP contribution in [-0.2, 0) is 4.79 Å². The first-order chi connectivity index (χ1) is 11.7. The highest BCUT2D eigenvalue weighted by Crippen LogP contribution is 2.30. The molecular formula is C17H13N3O4. The van der Waals surface area contributed by atoms with Crippen molar-refractivity contribution in [2.24, 2.45) is 0 Å². The summed E-state index contributed by atoms with van der Waals surface area (Å²) in [5.74, 6) is 0.600. The number of rotatable bonds is 2. The molecule has 2 heterocycles. The summed E-state index contributed by atoms with van der Waals surface area (Å²) in [6.45, 7) is 0.0681. The number of para-hydroxylation sites is 3. The highest BCUT2D eigenvalue weighted by Gasteiger charge is 2.27. The third-order valence-corrected chi connectivity index (χ3v) is 3.70. The van der Waals surface area contributed by atoms with Crippen molar-refractivity contribution >= 4 is 16.8 Å². The van der Waals surface area contributed by atoms with E-state index in [1.807, 2.05) is 6.07 Å². The van der Waals surface area contributed by atoms with Crippen LogP contribution in [-0.4, -0.2) is 28.3 Å². The molecule has 1 aromatic heterocycles. The highest BCUT2D eigenvalue weighted by molar-refractivity contribution is 5.89. The van der Waals surface area contributed by atoms with E-state index in [-0.39, 0.29) is 12.2 Å². The number of carbonyl (C=O) groups excluding carboxylic acids is 1. The van der Waals surface area contributed by atoms with Crippen LogP contribution in [0.5, 0.6) is 11.5 Å². The van der Waals surface area contributed by atoms with Gasteiger partial charge in [0.1, 0.15) is 12.9 Å². The number of aromatic nitrogens is 2. The second kappa shape index (κ2) is 5.69. The largest absolute Gasteiger partial charge is 0.485 e. The normalized spacial score (nSPS) is 15.9. The van der Waals surface area contributed by atoms with Crippen LogP contribution in [0.4, 0.5) is 0 Å². The van der Waals surface area contributed by atoms with Crippen molar-refractivity contribution in [1.82, 2.24) is 9.66 Å². The molecule has 2 aromatic carbocycles. The Labute approximate surface area is 136 Å². The number of hydrogen-bond donors (Lipinski definition) is 1. The van der Waals surface area contributed by atoms with Crippen LogP contribution in [0.15, 0.2) is 59.7 Å². The number of nitrogens with zero attached hydrogens (tertiary/aromatic N) is 2. The fourth-order valence-electron chi connectivity index (χ4n) is 2.49. The summed E-state index contributed by atoms with van der Waals surface area (Å²) in [5.41, 5.74) is 2.71. The van der Waals surface area contributed by atoms with Crippen molar-refractivity contribution < 1.29 is 14.3 Å². The lowest BCUT2D eigenvalue weighted by molar-refractivity contribution is -0.126. The maximum Gasteiger partial charge on any atom is 0.283 e. The highest BCUT2D eigenvalue weighted by atomic mass is 16.6. The lowest BCUT2D eigenvalue weighted by atomic mass is 10.2. The number of fused-ring (bicyclic) bond motifs is 2. The Morgan fingerprint density at radius 3 is 2.75 bits per heavy atom. The molecule has 7 heteroatoms. The van der Waals surface area contributed by atoms with E-state index in [0.29, 0.717) is 22.4 Å². The zero-order valence-corrected chi connectivity index (χ0v) is 12.5. The summed E-state index contributed by atoms with van der Waals surface area (Å²) in [6, 6.07) is 14.0. The lowest BCUT2D eigenvalue weighted by Gasteiger charge is -2.25. The van der Waals surface area contributed by atoms with E-state index in [2.05, 4.69) is 10.4 Å². The molecule has 0 fully saturated rings. The Kier molecular flexibility index (Phi) is 3.38. The Hall–Kier alpha value is -3.35. The minimum absolute atomic E-state index is 0.0681. The average molecular weight is 323 g/mol. The summed E-state index contributed by atoms with van der Waals surface area (Å²) in [5, 5.41) is 0.423. The second-order valence-electron chi connectivity index (χ2n) is 5.28. The van der Waals surface area contributed by atoms with Crippen LogP contribution >= 0.6 is 0 Å². The van der Waals surface area contributed by atoms with Crippen molar-refractivity contribution in [1.29, 1.82) is 0 Å². The molecule has 1 N–H and O–H groups in total. The molecule has 1 atom stereocenters. The third kappa shape index (κ3) is 2.45. The Balaban J connectivity index is 1.57. The molecule has 3 aromatic rings. The summed E-state index contributed by atoms with van der Waals surface area (Å²) in [6.07, 6.45) is 0.429. The van der Waals surface area contributed by atoms with E-state index in [1.165, 1.54) is 6.33 Å². The second-order valence-corrected chi connectivity index (χ2v) is 5.28. The van der Waals surface area contributed by atoms with Gasteiger partial charge in [-0.1, -0.05) is 24.3 Å². The molecule has 0 bridgehead atoms. The number of amides is 1. The predicted octanol–water partition coefficient (Wildman–Crippen LogP) is 1.31. The molecule has 0 spiro atoms. The molecule has 1 unspecified atom stereocenters. The van der Waals surface area contributed by atoms with Gasteiger partial charge in [0.25, 0.3) is 11.5 Å². The number of hydrogen-bond acceptors (Lipinski definition) is 5. The SMILES string of the molecule is O=C(Nn1cnc2ccccc2c1=O)C1COc2ccccc2O1. The van der Waals surface area contributed by atoms with E-state index in [4.69, 9.17) is 9.47 Å². The van der Waals surface area contributed by atoms with Crippen LogP contribution in [0, 0.1) is 0 Å². The number of carbonyl (C=O) groups is 1. The summed E-state index contributed by atoms with van der Waals surface area (Å²) >= 11 is 0. The first kappa shape index (κ1) is 14.3. The maximum absolute atomic E-state index is 12.4. The van der Waals surface area contributed by atoms with Crippen molar-refractivity contribution in [3.05, 3.63) is 65.2 Å². The minimum Gasteiger partial charge on any atom is -0.485 e. The molecule has 1 aliphatic rings. The van der Waals surface area contributed by atoms with E-state index in [0.717, 1.165) is 4.68 Å². The Morgan fingerprint density at radius 2 is 1.88 bits per heavy atom. The van der Waals surface area contributed by atoms with Gasteiger partial charge in [-0.3, -0.25) is 15.0 Å². The summed E-state index contributed by atoms with van der Waals surface area (Å²) in [7, 11) is 0. The zero-order valence-electron chi connectivity index (χ0n) is 12.5. The lowest BCUT2D eigenvalue weighted by Crippen LogP contribution is -2.45. The fraction of sp³-hybridized carbons (Fsp3) is 0.118. The summed E-state index contributed by atoms with van der Waals surface area (Å²) in [4.78, 5) is 28.9. The van der Waals surface area contributed by atoms with Crippen molar-refractivity contribution in [2.75, 3.05) is 12.0 Å². The number of ether oxygens (including phenoxy) is 2. The van der Waals surface area contributed by atoms with Crippen molar-refractivity contribution in [2.45, 2.75) is 6.10 Å². The molecule has 24 heavy (non-hydrogen) atoms. The molecule has 1 aliphatic heterocycles. The van der Waals surface area contributed by atoms with E-state index in [9.17, 15) is 9.59 Å². The topological polar surface area (TPSA) is 82.5 Å². The first-order valence-electron chi connectivity index (χ1n) is 7.38. The summed E-state index contributed by atoms with van der Waals surface area (Å²) < 4.78 is 12.2. The maximum atomic E-state index is 12.4. The van der Waals surface area contributed by atoms with Gasteiger partial charge in [-0.25, -0.2) is 9.66 Å². The Bertz CT molecular complexity index is 983. The average Bonchev–Trinajstić information content (AvgIpc) is 2.64. The van der Waals surface area contributed by atoms with Gasteiger partial charge in [0.2, 0.25) is 6.10 Å². The van der Waals surface area contributed by atoms with Crippen molar-refractivity contribution in [3.63, 3.8) is 0 Å². The number of benzene rings is 2. The van der Waals surface area contributed by atoms with Crippen LogP contribution in [0.1, 0.15) is 0 Å². The van der Waals surface area contributed by atoms with Gasteiger partial charge in [0.05, 0.1) is 10.9 Å². The molecule has 7 nitrogen and oxygen atoms in total. The van der Waals surface area contributed by atoms with E-state index >= 15 is 0 Å². The van der Waals surface area contributed by atoms with Crippen molar-refractivity contribution in [3.8, 4) is 11.5 Å². The van der Waals surface area contributed by atoms with Gasteiger partial charge >= 0.3 is 0 Å². The van der Waals surface area contributed by atoms with Crippen LogP contribution in [0.3, 0.4) is 0 Å². The zero-order chi connectivity index (χ0) is 16.5. The fourth-order valence-corrected chi connectivity index (χ4v) is 2.49. The molecule has 0 saturated carbocycles. The Morgan fingerprint density at radius 1 is 1.12 bits per heavy atom. The first-order valence-corrected chi connectivity index (χ1v) is 7.38. The van der Waals surface area contributed by atoms with E-state index < -0.39 is 12.0 Å². The molecule has 120 valence electrons. The predicted molar refractivity (Wildman–Crippen MR) is 86.7 cm³/mol. The quantitative estimate of drug-likeness (QED) is 0.769. The van der Waals surface area contributed by atoms with Gasteiger partial charge < -0.3 is 9.47 Å². The standard InChI is InChI=1S/C17H13N3O4/c21-16(15-9-23-13-7-3-4-8-14(13)24-15)19-20-10-18-12-6-2-1-5-11(12)17(20)22/h1-8,10,15H,9H2,(H,19,21). The van der Waals surface area contributed by atoms with Gasteiger partial charge in [-0.15, -0.1) is 0 Å². The van der Waals surface area contributed by atoms with E-state index in [1.54, 1.807) is 42.5 Å². The smallest absolute Gasteiger partial charge is 0.283 e. The molecular weight excluding hydrogens is 310 g/mol. The molecule has 0 saturated heterocycles. The number of nitrogens with one attached hydrogen (secondary N) is 1. The third-order valence-electron chi connectivity index (χ3n) is 3.70. The van der Waals surface area contributed by atoms with Gasteiger partial charge in [0, 0.05) is 0 Å². The van der Waals surface area contributed by atoms with Gasteiger partial charge in [0.15, 0.2) is 11.5 Å². The monoisotopic (exact) mass is 323 g/mol. The van der Waals surface area contributed by atoms with Gasteiger partial charge in [-0.2, -0.15) is 0 Å². The molecule has 4 rings (SSSR count). The van der Waals surface area contributed by atoms with Crippen LogP contribution in [0.2, 0.25) is 0 Å². The van der Waals surface area contributed by atoms with Gasteiger partial charge in [-0.05, 0) is 24.3 Å². The van der Waals surface area contributed by atoms with Crippen LogP contribution in [0.25, 0.3) is 10.9 Å². The molecule has 1 amide bonds. The van der Waals surface area contributed by atoms with Crippen LogP contribution < -0.4 is 20.5 Å². The minimum atomic E-state index is -0.849. The molecule has 0 radical (unpaired) electrons.